The molecule has 84 valence electrons. The van der Waals surface area contributed by atoms with E-state index in [2.05, 4.69) is 4.98 Å². The Kier molecular flexibility index (Phi) is 2.03. The monoisotopic (exact) mass is 235 g/mol. The topological polar surface area (TPSA) is 43.8 Å². The zero-order chi connectivity index (χ0) is 11.3. The van der Waals surface area contributed by atoms with Gasteiger partial charge in [0, 0.05) is 7.05 Å². The summed E-state index contributed by atoms with van der Waals surface area (Å²) in [6.07, 6.45) is 3.22. The van der Waals surface area contributed by atoms with Crippen LogP contribution in [0.3, 0.4) is 0 Å². The van der Waals surface area contributed by atoms with Gasteiger partial charge in [-0.15, -0.1) is 0 Å². The first-order valence-electron chi connectivity index (χ1n) is 5.52. The molecule has 0 aliphatic heterocycles. The number of imidazole rings is 1. The fraction of sp³-hybridized carbons (Fsp3) is 0.417. The van der Waals surface area contributed by atoms with Crippen molar-refractivity contribution >= 4 is 22.6 Å². The standard InChI is InChI=1S/C12H14ClN3/c1-16-10-8(13)4-2-5-9(10)15-11(16)12(14)6-3-7-12/h2,4-5H,3,6-7,14H2,1H3. The molecule has 0 amide bonds. The van der Waals surface area contributed by atoms with Crippen molar-refractivity contribution in [3.05, 3.63) is 29.0 Å². The van der Waals surface area contributed by atoms with Gasteiger partial charge in [-0.3, -0.25) is 0 Å². The zero-order valence-electron chi connectivity index (χ0n) is 9.20. The number of hydrogen-bond donors (Lipinski definition) is 1. The number of para-hydroxylation sites is 1. The summed E-state index contributed by atoms with van der Waals surface area (Å²) in [5, 5.41) is 0.738. The second-order valence-electron chi connectivity index (χ2n) is 4.61. The average Bonchev–Trinajstić information content (AvgIpc) is 2.54. The average molecular weight is 236 g/mol. The summed E-state index contributed by atoms with van der Waals surface area (Å²) in [5.41, 5.74) is 7.99. The smallest absolute Gasteiger partial charge is 0.129 e. The number of fused-ring (bicyclic) bond motifs is 1. The van der Waals surface area contributed by atoms with Gasteiger partial charge >= 0.3 is 0 Å². The third kappa shape index (κ3) is 1.22. The molecule has 3 rings (SSSR count). The second-order valence-corrected chi connectivity index (χ2v) is 5.02. The Morgan fingerprint density at radius 1 is 1.44 bits per heavy atom. The Labute approximate surface area is 99.2 Å². The van der Waals surface area contributed by atoms with Crippen molar-refractivity contribution in [1.82, 2.24) is 9.55 Å². The molecular weight excluding hydrogens is 222 g/mol. The maximum Gasteiger partial charge on any atom is 0.129 e. The minimum absolute atomic E-state index is 0.239. The van der Waals surface area contributed by atoms with Gasteiger partial charge in [-0.2, -0.15) is 0 Å². The second kappa shape index (κ2) is 3.22. The molecule has 0 spiro atoms. The SMILES string of the molecule is Cn1c(C2(N)CCC2)nc2cccc(Cl)c21. The number of nitrogens with zero attached hydrogens (tertiary/aromatic N) is 2. The molecule has 0 unspecified atom stereocenters. The molecule has 1 aromatic carbocycles. The lowest BCUT2D eigenvalue weighted by Gasteiger charge is -2.37. The zero-order valence-corrected chi connectivity index (χ0v) is 9.96. The van der Waals surface area contributed by atoms with Crippen LogP contribution < -0.4 is 5.73 Å². The first-order valence-corrected chi connectivity index (χ1v) is 5.90. The maximum absolute atomic E-state index is 6.31. The Hall–Kier alpha value is -1.06. The number of halogens is 1. The molecule has 0 radical (unpaired) electrons. The highest BCUT2D eigenvalue weighted by Crippen LogP contribution is 2.39. The minimum Gasteiger partial charge on any atom is -0.328 e. The molecule has 1 heterocycles. The molecule has 2 N–H and O–H groups in total. The van der Waals surface area contributed by atoms with Crippen LogP contribution in [-0.2, 0) is 12.6 Å². The van der Waals surface area contributed by atoms with Crippen molar-refractivity contribution in [3.63, 3.8) is 0 Å². The van der Waals surface area contributed by atoms with Crippen LogP contribution in [0, 0.1) is 0 Å². The van der Waals surface area contributed by atoms with E-state index < -0.39 is 0 Å². The lowest BCUT2D eigenvalue weighted by molar-refractivity contribution is 0.234. The molecule has 1 aliphatic rings. The number of benzene rings is 1. The third-order valence-corrected chi connectivity index (χ3v) is 3.84. The van der Waals surface area contributed by atoms with E-state index in [1.165, 1.54) is 6.42 Å². The predicted octanol–water partition coefficient (Wildman–Crippen LogP) is 2.56. The van der Waals surface area contributed by atoms with E-state index in [1.807, 2.05) is 29.8 Å². The number of rotatable bonds is 1. The van der Waals surface area contributed by atoms with E-state index in [0.29, 0.717) is 0 Å². The van der Waals surface area contributed by atoms with E-state index in [0.717, 1.165) is 34.7 Å². The molecule has 0 atom stereocenters. The van der Waals surface area contributed by atoms with Crippen LogP contribution in [0.25, 0.3) is 11.0 Å². The van der Waals surface area contributed by atoms with Crippen molar-refractivity contribution in [3.8, 4) is 0 Å². The van der Waals surface area contributed by atoms with Gasteiger partial charge in [0.2, 0.25) is 0 Å². The Morgan fingerprint density at radius 2 is 2.19 bits per heavy atom. The van der Waals surface area contributed by atoms with Crippen LogP contribution in [-0.4, -0.2) is 9.55 Å². The summed E-state index contributed by atoms with van der Waals surface area (Å²) in [5.74, 6) is 0.960. The van der Waals surface area contributed by atoms with E-state index in [9.17, 15) is 0 Å². The van der Waals surface area contributed by atoms with Crippen LogP contribution >= 0.6 is 11.6 Å². The van der Waals surface area contributed by atoms with Crippen LogP contribution in [0.15, 0.2) is 18.2 Å². The highest BCUT2D eigenvalue weighted by atomic mass is 35.5. The third-order valence-electron chi connectivity index (χ3n) is 3.54. The van der Waals surface area contributed by atoms with Gasteiger partial charge in [-0.1, -0.05) is 17.7 Å². The van der Waals surface area contributed by atoms with Gasteiger partial charge in [0.25, 0.3) is 0 Å². The van der Waals surface area contributed by atoms with Crippen LogP contribution in [0.2, 0.25) is 5.02 Å². The van der Waals surface area contributed by atoms with Gasteiger partial charge in [-0.05, 0) is 31.4 Å². The van der Waals surface area contributed by atoms with Crippen molar-refractivity contribution in [2.75, 3.05) is 0 Å². The number of aryl methyl sites for hydroxylation is 1. The molecule has 1 fully saturated rings. The van der Waals surface area contributed by atoms with E-state index in [1.54, 1.807) is 0 Å². The minimum atomic E-state index is -0.239. The molecule has 0 saturated heterocycles. The molecule has 0 bridgehead atoms. The fourth-order valence-electron chi connectivity index (χ4n) is 2.45. The Bertz CT molecular complexity index is 555. The fourth-order valence-corrected chi connectivity index (χ4v) is 2.74. The van der Waals surface area contributed by atoms with Gasteiger partial charge in [0.05, 0.1) is 21.6 Å². The van der Waals surface area contributed by atoms with Crippen molar-refractivity contribution < 1.29 is 0 Å². The largest absolute Gasteiger partial charge is 0.328 e. The van der Waals surface area contributed by atoms with Crippen molar-refractivity contribution in [1.29, 1.82) is 0 Å². The quantitative estimate of drug-likeness (QED) is 0.826. The molecule has 1 aromatic heterocycles. The summed E-state index contributed by atoms with van der Waals surface area (Å²) in [7, 11) is 1.99. The highest BCUT2D eigenvalue weighted by molar-refractivity contribution is 6.35. The van der Waals surface area contributed by atoms with Gasteiger partial charge in [-0.25, -0.2) is 4.98 Å². The predicted molar refractivity (Wildman–Crippen MR) is 65.4 cm³/mol. The summed E-state index contributed by atoms with van der Waals surface area (Å²) in [6, 6.07) is 5.79. The lowest BCUT2D eigenvalue weighted by atomic mass is 9.77. The molecule has 1 aliphatic carbocycles. The first kappa shape index (κ1) is 10.1. The highest BCUT2D eigenvalue weighted by Gasteiger charge is 2.38. The maximum atomic E-state index is 6.31. The first-order chi connectivity index (χ1) is 7.62. The summed E-state index contributed by atoms with van der Waals surface area (Å²) in [4.78, 5) is 4.62. The van der Waals surface area contributed by atoms with Crippen LogP contribution in [0.5, 0.6) is 0 Å². The van der Waals surface area contributed by atoms with Crippen molar-refractivity contribution in [2.24, 2.45) is 12.8 Å². The van der Waals surface area contributed by atoms with Crippen LogP contribution in [0.4, 0.5) is 0 Å². The lowest BCUT2D eigenvalue weighted by Crippen LogP contribution is -2.45. The summed E-state index contributed by atoms with van der Waals surface area (Å²) in [6.45, 7) is 0. The van der Waals surface area contributed by atoms with Gasteiger partial charge < -0.3 is 10.3 Å². The number of hydrogen-bond acceptors (Lipinski definition) is 2. The molecule has 3 nitrogen and oxygen atoms in total. The Morgan fingerprint density at radius 3 is 2.75 bits per heavy atom. The van der Waals surface area contributed by atoms with Gasteiger partial charge in [0.15, 0.2) is 0 Å². The molecular formula is C12H14ClN3. The summed E-state index contributed by atoms with van der Waals surface area (Å²) >= 11 is 6.19. The van der Waals surface area contributed by atoms with Gasteiger partial charge in [0.1, 0.15) is 5.82 Å². The van der Waals surface area contributed by atoms with Crippen LogP contribution in [0.1, 0.15) is 25.1 Å². The number of nitrogens with two attached hydrogens (primary N) is 1. The Balaban J connectivity index is 2.27. The van der Waals surface area contributed by atoms with E-state index in [4.69, 9.17) is 17.3 Å². The number of aromatic nitrogens is 2. The molecule has 4 heteroatoms. The molecule has 16 heavy (non-hydrogen) atoms. The van der Waals surface area contributed by atoms with E-state index >= 15 is 0 Å². The van der Waals surface area contributed by atoms with Crippen molar-refractivity contribution in [2.45, 2.75) is 24.8 Å². The van der Waals surface area contributed by atoms with E-state index in [-0.39, 0.29) is 5.54 Å². The normalized spacial score (nSPS) is 18.7. The molecule has 2 aromatic rings. The summed E-state index contributed by atoms with van der Waals surface area (Å²) < 4.78 is 2.04. The molecule has 1 saturated carbocycles.